The number of nitrogens with one attached hydrogen (secondary N) is 2. The molecule has 3 rings (SSSR count). The Morgan fingerprint density at radius 3 is 3.00 bits per heavy atom. The number of benzene rings is 1. The number of nitrogens with zero attached hydrogens (tertiary/aromatic N) is 3. The van der Waals surface area contributed by atoms with Crippen LogP contribution in [-0.2, 0) is 0 Å². The van der Waals surface area contributed by atoms with Crippen LogP contribution in [-0.4, -0.2) is 34.0 Å². The number of hydrogen-bond acceptors (Lipinski definition) is 4. The van der Waals surface area contributed by atoms with Crippen LogP contribution in [0.1, 0.15) is 22.1 Å². The number of amides is 1. The Morgan fingerprint density at radius 2 is 2.30 bits per heavy atom. The first-order valence-corrected chi connectivity index (χ1v) is 6.34. The number of aromatic nitrogens is 3. The first kappa shape index (κ1) is 12.7. The van der Waals surface area contributed by atoms with Gasteiger partial charge in [0.05, 0.1) is 12.2 Å². The molecule has 2 aromatic rings. The minimum atomic E-state index is -0.391. The fraction of sp³-hybridized carbons (Fsp3) is 0.308. The second-order valence-electron chi connectivity index (χ2n) is 4.76. The average Bonchev–Trinajstić information content (AvgIpc) is 2.82. The summed E-state index contributed by atoms with van der Waals surface area (Å²) in [5.74, 6) is -0.746. The minimum absolute atomic E-state index is 0.223. The molecule has 0 bridgehead atoms. The van der Waals surface area contributed by atoms with E-state index in [0.717, 1.165) is 13.1 Å². The van der Waals surface area contributed by atoms with Crippen LogP contribution in [0, 0.1) is 12.7 Å². The van der Waals surface area contributed by atoms with Crippen molar-refractivity contribution in [1.82, 2.24) is 20.3 Å². The molecule has 7 heteroatoms. The molecule has 1 aliphatic heterocycles. The van der Waals surface area contributed by atoms with Crippen LogP contribution in [0.3, 0.4) is 0 Å². The smallest absolute Gasteiger partial charge is 0.277 e. The Balaban J connectivity index is 1.75. The van der Waals surface area contributed by atoms with Crippen LogP contribution in [0.15, 0.2) is 24.4 Å². The van der Waals surface area contributed by atoms with Gasteiger partial charge < -0.3 is 10.6 Å². The third-order valence-corrected chi connectivity index (χ3v) is 3.39. The van der Waals surface area contributed by atoms with Crippen LogP contribution in [0.4, 0.5) is 10.1 Å². The van der Waals surface area contributed by atoms with Crippen LogP contribution in [0.2, 0.25) is 0 Å². The summed E-state index contributed by atoms with van der Waals surface area (Å²) in [7, 11) is 0. The fourth-order valence-electron chi connectivity index (χ4n) is 1.95. The van der Waals surface area contributed by atoms with Crippen molar-refractivity contribution in [2.45, 2.75) is 13.0 Å². The molecule has 20 heavy (non-hydrogen) atoms. The maximum Gasteiger partial charge on any atom is 0.277 e. The number of rotatable bonds is 3. The van der Waals surface area contributed by atoms with E-state index in [0.29, 0.717) is 11.3 Å². The Labute approximate surface area is 115 Å². The fourth-order valence-corrected chi connectivity index (χ4v) is 1.95. The molecule has 1 aromatic heterocycles. The summed E-state index contributed by atoms with van der Waals surface area (Å²) in [6.07, 6.45) is 1.61. The van der Waals surface area contributed by atoms with Gasteiger partial charge in [-0.15, -0.1) is 5.10 Å². The maximum atomic E-state index is 13.4. The van der Waals surface area contributed by atoms with Gasteiger partial charge in [0, 0.05) is 24.3 Å². The monoisotopic (exact) mass is 275 g/mol. The van der Waals surface area contributed by atoms with Crippen molar-refractivity contribution in [2.75, 3.05) is 18.4 Å². The number of anilines is 1. The molecule has 0 saturated carbocycles. The van der Waals surface area contributed by atoms with E-state index < -0.39 is 5.91 Å². The van der Waals surface area contributed by atoms with Gasteiger partial charge in [0.2, 0.25) is 0 Å². The number of halogens is 1. The molecule has 0 spiro atoms. The summed E-state index contributed by atoms with van der Waals surface area (Å²) in [4.78, 5) is 12.1. The number of carbonyl (C=O) groups excluding carboxylic acids is 1. The number of hydrogen-bond donors (Lipinski definition) is 2. The zero-order chi connectivity index (χ0) is 14.1. The lowest BCUT2D eigenvalue weighted by molar-refractivity contribution is 0.102. The topological polar surface area (TPSA) is 71.8 Å². The van der Waals surface area contributed by atoms with Crippen molar-refractivity contribution in [2.24, 2.45) is 0 Å². The Bertz CT molecular complexity index is 650. The van der Waals surface area contributed by atoms with Gasteiger partial charge in [0.25, 0.3) is 5.91 Å². The molecule has 0 aliphatic carbocycles. The largest absolute Gasteiger partial charge is 0.320 e. The zero-order valence-electron chi connectivity index (χ0n) is 10.9. The molecular formula is C13H14FN5O. The Kier molecular flexibility index (Phi) is 3.19. The summed E-state index contributed by atoms with van der Waals surface area (Å²) >= 11 is 0. The minimum Gasteiger partial charge on any atom is -0.320 e. The first-order valence-electron chi connectivity index (χ1n) is 6.34. The molecule has 1 aromatic carbocycles. The molecule has 6 nitrogen and oxygen atoms in total. The van der Waals surface area contributed by atoms with E-state index in [2.05, 4.69) is 20.9 Å². The van der Waals surface area contributed by atoms with Crippen molar-refractivity contribution >= 4 is 11.6 Å². The summed E-state index contributed by atoms with van der Waals surface area (Å²) in [5.41, 5.74) is 1.06. The van der Waals surface area contributed by atoms with Crippen molar-refractivity contribution in [3.63, 3.8) is 0 Å². The molecule has 0 radical (unpaired) electrons. The van der Waals surface area contributed by atoms with Crippen LogP contribution < -0.4 is 10.6 Å². The predicted octanol–water partition coefficient (Wildman–Crippen LogP) is 1.12. The van der Waals surface area contributed by atoms with E-state index in [-0.39, 0.29) is 17.6 Å². The quantitative estimate of drug-likeness (QED) is 0.880. The molecule has 1 amide bonds. The van der Waals surface area contributed by atoms with E-state index >= 15 is 0 Å². The highest BCUT2D eigenvalue weighted by molar-refractivity contribution is 6.03. The Hall–Kier alpha value is -2.28. The summed E-state index contributed by atoms with van der Waals surface area (Å²) in [6, 6.07) is 4.80. The van der Waals surface area contributed by atoms with Crippen LogP contribution in [0.25, 0.3) is 0 Å². The lowest BCUT2D eigenvalue weighted by Gasteiger charge is -2.26. The number of carbonyl (C=O) groups is 1. The van der Waals surface area contributed by atoms with Gasteiger partial charge in [-0.2, -0.15) is 0 Å². The lowest BCUT2D eigenvalue weighted by atomic mass is 10.2. The van der Waals surface area contributed by atoms with Gasteiger partial charge in [-0.25, -0.2) is 9.07 Å². The molecule has 0 unspecified atom stereocenters. The highest BCUT2D eigenvalue weighted by Crippen LogP contribution is 2.18. The average molecular weight is 275 g/mol. The van der Waals surface area contributed by atoms with Crippen LogP contribution >= 0.6 is 0 Å². The van der Waals surface area contributed by atoms with E-state index in [9.17, 15) is 9.18 Å². The first-order chi connectivity index (χ1) is 9.65. The molecule has 0 atom stereocenters. The standard InChI is InChI=1S/C13H14FN5O/c1-8-10(14)3-2-4-11(8)16-13(20)12-7-19(18-17-12)9-5-15-6-9/h2-4,7,9,15H,5-6H2,1H3,(H,16,20). The maximum absolute atomic E-state index is 13.4. The zero-order valence-corrected chi connectivity index (χ0v) is 10.9. The molecule has 1 fully saturated rings. The van der Waals surface area contributed by atoms with Crippen molar-refractivity contribution in [1.29, 1.82) is 0 Å². The molecule has 1 saturated heterocycles. The Morgan fingerprint density at radius 1 is 1.50 bits per heavy atom. The molecule has 2 N–H and O–H groups in total. The summed E-state index contributed by atoms with van der Waals surface area (Å²) in [5, 5.41) is 13.5. The van der Waals surface area contributed by atoms with Gasteiger partial charge in [0.15, 0.2) is 5.69 Å². The lowest BCUT2D eigenvalue weighted by Crippen LogP contribution is -2.43. The molecule has 2 heterocycles. The van der Waals surface area contributed by atoms with Gasteiger partial charge in [-0.05, 0) is 19.1 Å². The van der Waals surface area contributed by atoms with E-state index in [1.54, 1.807) is 29.9 Å². The van der Waals surface area contributed by atoms with E-state index in [1.807, 2.05) is 0 Å². The molecule has 104 valence electrons. The van der Waals surface area contributed by atoms with E-state index in [4.69, 9.17) is 0 Å². The van der Waals surface area contributed by atoms with Crippen molar-refractivity contribution in [3.05, 3.63) is 41.5 Å². The summed E-state index contributed by atoms with van der Waals surface area (Å²) < 4.78 is 15.1. The van der Waals surface area contributed by atoms with E-state index in [1.165, 1.54) is 6.07 Å². The second kappa shape index (κ2) is 5.01. The second-order valence-corrected chi connectivity index (χ2v) is 4.76. The summed E-state index contributed by atoms with van der Waals surface area (Å²) in [6.45, 7) is 3.27. The molecule has 1 aliphatic rings. The third kappa shape index (κ3) is 2.27. The highest BCUT2D eigenvalue weighted by atomic mass is 19.1. The van der Waals surface area contributed by atoms with Crippen molar-refractivity contribution < 1.29 is 9.18 Å². The normalized spacial score (nSPS) is 14.9. The predicted molar refractivity (Wildman–Crippen MR) is 71.0 cm³/mol. The third-order valence-electron chi connectivity index (χ3n) is 3.39. The SMILES string of the molecule is Cc1c(F)cccc1NC(=O)c1cn(C2CNC2)nn1. The van der Waals surface area contributed by atoms with Gasteiger partial charge in [-0.3, -0.25) is 4.79 Å². The van der Waals surface area contributed by atoms with Crippen molar-refractivity contribution in [3.8, 4) is 0 Å². The molecular weight excluding hydrogens is 261 g/mol. The highest BCUT2D eigenvalue weighted by Gasteiger charge is 2.21. The van der Waals surface area contributed by atoms with Gasteiger partial charge in [-0.1, -0.05) is 11.3 Å². The van der Waals surface area contributed by atoms with Gasteiger partial charge >= 0.3 is 0 Å². The van der Waals surface area contributed by atoms with Gasteiger partial charge in [0.1, 0.15) is 5.82 Å². The van der Waals surface area contributed by atoms with Crippen LogP contribution in [0.5, 0.6) is 0 Å².